The first-order valence-corrected chi connectivity index (χ1v) is 12.0. The molecule has 0 aliphatic heterocycles. The lowest BCUT2D eigenvalue weighted by Crippen LogP contribution is -2.40. The highest BCUT2D eigenvalue weighted by atomic mass is 32.2. The van der Waals surface area contributed by atoms with E-state index in [1.165, 1.54) is 11.8 Å². The molecular formula is C26H25N5O3S. The molecule has 0 bridgehead atoms. The van der Waals surface area contributed by atoms with E-state index < -0.39 is 11.9 Å². The summed E-state index contributed by atoms with van der Waals surface area (Å²) in [5, 5.41) is 14.1. The van der Waals surface area contributed by atoms with Crippen molar-refractivity contribution in [1.82, 2.24) is 25.4 Å². The summed E-state index contributed by atoms with van der Waals surface area (Å²) < 4.78 is 7.83. The largest absolute Gasteiger partial charge is 0.485 e. The number of hydrogen-bond donors (Lipinski definition) is 2. The Kier molecular flexibility index (Phi) is 8.13. The van der Waals surface area contributed by atoms with Crippen molar-refractivity contribution >= 4 is 23.7 Å². The summed E-state index contributed by atoms with van der Waals surface area (Å²) in [6, 6.07) is 26.3. The summed E-state index contributed by atoms with van der Waals surface area (Å²) in [7, 11) is 0. The molecule has 1 aromatic heterocycles. The number of amides is 3. The molecule has 4 rings (SSSR count). The van der Waals surface area contributed by atoms with Gasteiger partial charge in [0, 0.05) is 12.2 Å². The Balaban J connectivity index is 1.39. The van der Waals surface area contributed by atoms with Crippen LogP contribution >= 0.6 is 11.8 Å². The first-order chi connectivity index (χ1) is 17.1. The zero-order valence-corrected chi connectivity index (χ0v) is 20.0. The second kappa shape index (κ2) is 11.8. The van der Waals surface area contributed by atoms with Gasteiger partial charge in [0.25, 0.3) is 0 Å². The molecule has 0 spiro atoms. The molecule has 0 aliphatic rings. The number of aryl methyl sites for hydroxylation is 1. The molecule has 3 aromatic carbocycles. The van der Waals surface area contributed by atoms with Gasteiger partial charge in [-0.2, -0.15) is 0 Å². The molecule has 0 saturated carbocycles. The van der Waals surface area contributed by atoms with Gasteiger partial charge < -0.3 is 10.1 Å². The molecular weight excluding hydrogens is 462 g/mol. The van der Waals surface area contributed by atoms with E-state index in [1.54, 1.807) is 0 Å². The highest BCUT2D eigenvalue weighted by molar-refractivity contribution is 7.99. The average molecular weight is 488 g/mol. The Hall–Kier alpha value is -4.11. The van der Waals surface area contributed by atoms with Gasteiger partial charge in [-0.05, 0) is 36.2 Å². The number of benzene rings is 3. The highest BCUT2D eigenvalue weighted by Crippen LogP contribution is 2.24. The van der Waals surface area contributed by atoms with Crippen molar-refractivity contribution in [1.29, 1.82) is 0 Å². The third-order valence-corrected chi connectivity index (χ3v) is 5.98. The fourth-order valence-corrected chi connectivity index (χ4v) is 4.07. The second-order valence-electron chi connectivity index (χ2n) is 7.63. The number of urea groups is 1. The van der Waals surface area contributed by atoms with Gasteiger partial charge in [-0.1, -0.05) is 78.5 Å². The minimum absolute atomic E-state index is 0.00236. The maximum Gasteiger partial charge on any atom is 0.321 e. The van der Waals surface area contributed by atoms with Crippen LogP contribution in [0.4, 0.5) is 4.79 Å². The maximum atomic E-state index is 12.4. The third kappa shape index (κ3) is 6.70. The van der Waals surface area contributed by atoms with Crippen LogP contribution in [0.3, 0.4) is 0 Å². The minimum Gasteiger partial charge on any atom is -0.485 e. The van der Waals surface area contributed by atoms with Gasteiger partial charge in [0.2, 0.25) is 5.91 Å². The molecule has 8 nitrogen and oxygen atoms in total. The predicted octanol–water partition coefficient (Wildman–Crippen LogP) is 4.27. The number of thioether (sulfide) groups is 1. The van der Waals surface area contributed by atoms with Crippen molar-refractivity contribution in [3.8, 4) is 11.4 Å². The number of ether oxygens (including phenoxy) is 1. The van der Waals surface area contributed by atoms with E-state index >= 15 is 0 Å². The molecule has 0 atom stereocenters. The second-order valence-corrected chi connectivity index (χ2v) is 8.57. The molecule has 1 heterocycles. The summed E-state index contributed by atoms with van der Waals surface area (Å²) in [6.45, 7) is 2.52. The minimum atomic E-state index is -0.545. The zero-order chi connectivity index (χ0) is 24.5. The summed E-state index contributed by atoms with van der Waals surface area (Å²) in [6.07, 6.45) is 0. The molecule has 178 valence electrons. The molecule has 0 saturated heterocycles. The molecule has 2 N–H and O–H groups in total. The van der Waals surface area contributed by atoms with Crippen LogP contribution in [0.1, 0.15) is 17.0 Å². The maximum absolute atomic E-state index is 12.4. The third-order valence-electron chi connectivity index (χ3n) is 5.05. The monoisotopic (exact) mass is 487 g/mol. The standard InChI is InChI=1S/C26H25N5O3S/c1-19-10-8-9-15-22(19)34-17-23-29-30-26(31(23)21-13-6-3-7-14-21)35-18-24(32)28-25(33)27-16-20-11-4-2-5-12-20/h2-15H,16-18H2,1H3,(H2,27,28,32,33). The van der Waals surface area contributed by atoms with E-state index in [9.17, 15) is 9.59 Å². The van der Waals surface area contributed by atoms with Crippen LogP contribution in [0.15, 0.2) is 90.1 Å². The smallest absolute Gasteiger partial charge is 0.321 e. The van der Waals surface area contributed by atoms with Crippen LogP contribution in [0.25, 0.3) is 5.69 Å². The molecule has 0 unspecified atom stereocenters. The molecule has 9 heteroatoms. The van der Waals surface area contributed by atoms with Gasteiger partial charge in [0.1, 0.15) is 12.4 Å². The number of nitrogens with zero attached hydrogens (tertiary/aromatic N) is 3. The molecule has 0 fully saturated rings. The van der Waals surface area contributed by atoms with Gasteiger partial charge in [-0.3, -0.25) is 14.7 Å². The van der Waals surface area contributed by atoms with Gasteiger partial charge in [0.05, 0.1) is 5.75 Å². The number of nitrogens with one attached hydrogen (secondary N) is 2. The van der Waals surface area contributed by atoms with Crippen LogP contribution in [0.5, 0.6) is 5.75 Å². The number of carbonyl (C=O) groups excluding carboxylic acids is 2. The number of carbonyl (C=O) groups is 2. The topological polar surface area (TPSA) is 98.1 Å². The van der Waals surface area contributed by atoms with E-state index in [-0.39, 0.29) is 12.4 Å². The summed E-state index contributed by atoms with van der Waals surface area (Å²) in [4.78, 5) is 24.4. The number of rotatable bonds is 9. The van der Waals surface area contributed by atoms with Crippen LogP contribution in [0.2, 0.25) is 0 Å². The Labute approximate surface area is 207 Å². The van der Waals surface area contributed by atoms with E-state index in [2.05, 4.69) is 20.8 Å². The Bertz CT molecular complexity index is 1280. The summed E-state index contributed by atoms with van der Waals surface area (Å²) >= 11 is 1.19. The van der Waals surface area contributed by atoms with E-state index in [1.807, 2.05) is 96.4 Å². The summed E-state index contributed by atoms with van der Waals surface area (Å²) in [5.41, 5.74) is 2.82. The van der Waals surface area contributed by atoms with Crippen molar-refractivity contribution in [2.24, 2.45) is 0 Å². The Morgan fingerprint density at radius 2 is 1.60 bits per heavy atom. The quantitative estimate of drug-likeness (QED) is 0.342. The van der Waals surface area contributed by atoms with Crippen molar-refractivity contribution < 1.29 is 14.3 Å². The van der Waals surface area contributed by atoms with E-state index in [4.69, 9.17) is 4.74 Å². The van der Waals surface area contributed by atoms with Gasteiger partial charge in [-0.25, -0.2) is 4.79 Å². The average Bonchev–Trinajstić information content (AvgIpc) is 3.29. The molecule has 0 radical (unpaired) electrons. The summed E-state index contributed by atoms with van der Waals surface area (Å²) in [5.74, 6) is 0.941. The molecule has 4 aromatic rings. The fourth-order valence-electron chi connectivity index (χ4n) is 3.30. The lowest BCUT2D eigenvalue weighted by Gasteiger charge is -2.12. The van der Waals surface area contributed by atoms with Gasteiger partial charge >= 0.3 is 6.03 Å². The Morgan fingerprint density at radius 1 is 0.914 bits per heavy atom. The first-order valence-electron chi connectivity index (χ1n) is 11.0. The number of hydrogen-bond acceptors (Lipinski definition) is 6. The van der Waals surface area contributed by atoms with Crippen LogP contribution in [-0.2, 0) is 17.9 Å². The SMILES string of the molecule is Cc1ccccc1OCc1nnc(SCC(=O)NC(=O)NCc2ccccc2)n1-c1ccccc1. The molecule has 35 heavy (non-hydrogen) atoms. The lowest BCUT2D eigenvalue weighted by molar-refractivity contribution is -0.117. The van der Waals surface area contributed by atoms with E-state index in [0.717, 1.165) is 22.6 Å². The number of imide groups is 1. The zero-order valence-electron chi connectivity index (χ0n) is 19.2. The van der Waals surface area contributed by atoms with Crippen molar-refractivity contribution in [3.05, 3.63) is 102 Å². The Morgan fingerprint density at radius 3 is 2.34 bits per heavy atom. The number of aromatic nitrogens is 3. The predicted molar refractivity (Wildman–Crippen MR) is 134 cm³/mol. The van der Waals surface area contributed by atoms with Crippen LogP contribution < -0.4 is 15.4 Å². The van der Waals surface area contributed by atoms with Gasteiger partial charge in [0.15, 0.2) is 11.0 Å². The molecule has 0 aliphatic carbocycles. The van der Waals surface area contributed by atoms with Crippen molar-refractivity contribution in [2.45, 2.75) is 25.2 Å². The molecule has 3 amide bonds. The van der Waals surface area contributed by atoms with Crippen molar-refractivity contribution in [2.75, 3.05) is 5.75 Å². The highest BCUT2D eigenvalue weighted by Gasteiger charge is 2.17. The normalized spacial score (nSPS) is 10.5. The van der Waals surface area contributed by atoms with Gasteiger partial charge in [-0.15, -0.1) is 10.2 Å². The number of para-hydroxylation sites is 2. The van der Waals surface area contributed by atoms with Crippen molar-refractivity contribution in [3.63, 3.8) is 0 Å². The van der Waals surface area contributed by atoms with Crippen LogP contribution in [-0.4, -0.2) is 32.5 Å². The first kappa shape index (κ1) is 24.0. The van der Waals surface area contributed by atoms with Crippen LogP contribution in [0, 0.1) is 6.92 Å². The lowest BCUT2D eigenvalue weighted by atomic mass is 10.2. The fraction of sp³-hybridized carbons (Fsp3) is 0.154. The van der Waals surface area contributed by atoms with E-state index in [0.29, 0.717) is 17.5 Å².